The number of ether oxygens (including phenoxy) is 1. The quantitative estimate of drug-likeness (QED) is 0.659. The van der Waals surface area contributed by atoms with E-state index < -0.39 is 4.92 Å². The van der Waals surface area contributed by atoms with Crippen molar-refractivity contribution in [1.82, 2.24) is 4.98 Å². The number of pyridine rings is 1. The molecular formula is C13H12BrN3O3. The van der Waals surface area contributed by atoms with E-state index in [1.807, 2.05) is 6.92 Å². The van der Waals surface area contributed by atoms with Crippen LogP contribution in [0.1, 0.15) is 6.92 Å². The molecular weight excluding hydrogens is 326 g/mol. The number of hydrogen-bond donors (Lipinski definition) is 1. The summed E-state index contributed by atoms with van der Waals surface area (Å²) in [6, 6.07) is 7.88. The van der Waals surface area contributed by atoms with Crippen LogP contribution in [0.5, 0.6) is 11.5 Å². The second-order valence-corrected chi connectivity index (χ2v) is 4.83. The van der Waals surface area contributed by atoms with Gasteiger partial charge in [-0.15, -0.1) is 0 Å². The summed E-state index contributed by atoms with van der Waals surface area (Å²) in [7, 11) is 0. The normalized spacial score (nSPS) is 10.1. The van der Waals surface area contributed by atoms with E-state index in [1.165, 1.54) is 12.1 Å². The molecule has 2 aromatic rings. The molecule has 6 nitrogen and oxygen atoms in total. The third kappa shape index (κ3) is 3.67. The average Bonchev–Trinajstić information content (AvgIpc) is 2.38. The van der Waals surface area contributed by atoms with Crippen molar-refractivity contribution in [1.29, 1.82) is 0 Å². The smallest absolute Gasteiger partial charge is 0.274 e. The fourth-order valence-electron chi connectivity index (χ4n) is 1.60. The maximum absolute atomic E-state index is 10.8. The summed E-state index contributed by atoms with van der Waals surface area (Å²) in [5.74, 6) is 1.64. The Balaban J connectivity index is 2.25. The van der Waals surface area contributed by atoms with E-state index >= 15 is 0 Å². The van der Waals surface area contributed by atoms with Crippen LogP contribution in [0.25, 0.3) is 0 Å². The van der Waals surface area contributed by atoms with Gasteiger partial charge in [-0.25, -0.2) is 4.98 Å². The average molecular weight is 338 g/mol. The van der Waals surface area contributed by atoms with E-state index in [2.05, 4.69) is 26.2 Å². The zero-order valence-electron chi connectivity index (χ0n) is 10.7. The van der Waals surface area contributed by atoms with Gasteiger partial charge in [-0.05, 0) is 19.1 Å². The summed E-state index contributed by atoms with van der Waals surface area (Å²) in [5.41, 5.74) is -0.0321. The van der Waals surface area contributed by atoms with E-state index in [9.17, 15) is 10.1 Å². The van der Waals surface area contributed by atoms with E-state index in [0.717, 1.165) is 6.54 Å². The van der Waals surface area contributed by atoms with Crippen molar-refractivity contribution in [3.63, 3.8) is 0 Å². The molecule has 0 saturated heterocycles. The number of rotatable bonds is 5. The summed E-state index contributed by atoms with van der Waals surface area (Å²) in [6.45, 7) is 2.71. The second kappa shape index (κ2) is 6.33. The van der Waals surface area contributed by atoms with Gasteiger partial charge in [0.25, 0.3) is 5.69 Å². The standard InChI is InChI=1S/C13H12BrN3O3/c1-2-15-13-8-11(3-4-16-13)20-12-6-9(14)5-10(7-12)17(18)19/h3-8H,2H2,1H3,(H,15,16). The Morgan fingerprint density at radius 3 is 2.85 bits per heavy atom. The molecule has 0 unspecified atom stereocenters. The van der Waals surface area contributed by atoms with Gasteiger partial charge in [0, 0.05) is 29.3 Å². The lowest BCUT2D eigenvalue weighted by atomic mass is 10.3. The van der Waals surface area contributed by atoms with Crippen LogP contribution in [-0.2, 0) is 0 Å². The highest BCUT2D eigenvalue weighted by atomic mass is 79.9. The SMILES string of the molecule is CCNc1cc(Oc2cc(Br)cc([N+](=O)[O-])c2)ccn1. The van der Waals surface area contributed by atoms with Gasteiger partial charge in [-0.2, -0.15) is 0 Å². The van der Waals surface area contributed by atoms with E-state index in [1.54, 1.807) is 24.4 Å². The summed E-state index contributed by atoms with van der Waals surface area (Å²) in [4.78, 5) is 14.5. The molecule has 0 bridgehead atoms. The third-order valence-electron chi connectivity index (χ3n) is 2.39. The van der Waals surface area contributed by atoms with Crippen LogP contribution in [0.3, 0.4) is 0 Å². The molecule has 2 rings (SSSR count). The molecule has 0 saturated carbocycles. The molecule has 20 heavy (non-hydrogen) atoms. The zero-order chi connectivity index (χ0) is 14.5. The molecule has 0 fully saturated rings. The van der Waals surface area contributed by atoms with Crippen LogP contribution < -0.4 is 10.1 Å². The first-order valence-corrected chi connectivity index (χ1v) is 6.70. The highest BCUT2D eigenvalue weighted by Crippen LogP contribution is 2.30. The Labute approximate surface area is 124 Å². The minimum absolute atomic E-state index is 0.0321. The number of benzene rings is 1. The van der Waals surface area contributed by atoms with Gasteiger partial charge in [-0.1, -0.05) is 15.9 Å². The Morgan fingerprint density at radius 1 is 1.35 bits per heavy atom. The number of aromatic nitrogens is 1. The van der Waals surface area contributed by atoms with Crippen molar-refractivity contribution in [3.8, 4) is 11.5 Å². The molecule has 1 aromatic carbocycles. The number of anilines is 1. The van der Waals surface area contributed by atoms with Crippen LogP contribution >= 0.6 is 15.9 Å². The van der Waals surface area contributed by atoms with Crippen molar-refractivity contribution in [2.75, 3.05) is 11.9 Å². The van der Waals surface area contributed by atoms with Crippen molar-refractivity contribution in [3.05, 3.63) is 51.1 Å². The lowest BCUT2D eigenvalue weighted by Crippen LogP contribution is -1.98. The van der Waals surface area contributed by atoms with Gasteiger partial charge >= 0.3 is 0 Å². The topological polar surface area (TPSA) is 77.3 Å². The minimum atomic E-state index is -0.464. The molecule has 1 aromatic heterocycles. The monoisotopic (exact) mass is 337 g/mol. The molecule has 0 aliphatic rings. The van der Waals surface area contributed by atoms with E-state index in [0.29, 0.717) is 21.8 Å². The van der Waals surface area contributed by atoms with Crippen LogP contribution in [-0.4, -0.2) is 16.5 Å². The molecule has 0 aliphatic carbocycles. The molecule has 7 heteroatoms. The van der Waals surface area contributed by atoms with Crippen LogP contribution in [0, 0.1) is 10.1 Å². The van der Waals surface area contributed by atoms with Gasteiger partial charge in [0.2, 0.25) is 0 Å². The lowest BCUT2D eigenvalue weighted by molar-refractivity contribution is -0.385. The number of halogens is 1. The van der Waals surface area contributed by atoms with Crippen LogP contribution in [0.15, 0.2) is 41.0 Å². The van der Waals surface area contributed by atoms with Gasteiger partial charge in [0.05, 0.1) is 11.0 Å². The molecule has 0 spiro atoms. The van der Waals surface area contributed by atoms with Gasteiger partial charge in [0.15, 0.2) is 0 Å². The Bertz CT molecular complexity index is 634. The third-order valence-corrected chi connectivity index (χ3v) is 2.85. The van der Waals surface area contributed by atoms with Gasteiger partial charge < -0.3 is 10.1 Å². The largest absolute Gasteiger partial charge is 0.457 e. The van der Waals surface area contributed by atoms with E-state index in [-0.39, 0.29) is 5.69 Å². The lowest BCUT2D eigenvalue weighted by Gasteiger charge is -2.08. The molecule has 0 radical (unpaired) electrons. The second-order valence-electron chi connectivity index (χ2n) is 3.91. The highest BCUT2D eigenvalue weighted by Gasteiger charge is 2.10. The van der Waals surface area contributed by atoms with Crippen molar-refractivity contribution < 1.29 is 9.66 Å². The van der Waals surface area contributed by atoms with Crippen molar-refractivity contribution in [2.45, 2.75) is 6.92 Å². The predicted molar refractivity (Wildman–Crippen MR) is 79.3 cm³/mol. The summed E-state index contributed by atoms with van der Waals surface area (Å²) in [6.07, 6.45) is 1.61. The van der Waals surface area contributed by atoms with Gasteiger partial charge in [-0.3, -0.25) is 10.1 Å². The van der Waals surface area contributed by atoms with E-state index in [4.69, 9.17) is 4.74 Å². The first-order chi connectivity index (χ1) is 9.58. The Hall–Kier alpha value is -2.15. The maximum atomic E-state index is 10.8. The molecule has 1 heterocycles. The number of nitrogens with zero attached hydrogens (tertiary/aromatic N) is 2. The van der Waals surface area contributed by atoms with Crippen LogP contribution in [0.2, 0.25) is 0 Å². The Kier molecular flexibility index (Phi) is 4.52. The van der Waals surface area contributed by atoms with Crippen molar-refractivity contribution >= 4 is 27.4 Å². The number of non-ortho nitro benzene ring substituents is 1. The zero-order valence-corrected chi connectivity index (χ0v) is 12.3. The molecule has 0 atom stereocenters. The highest BCUT2D eigenvalue weighted by molar-refractivity contribution is 9.10. The molecule has 0 amide bonds. The number of nitrogens with one attached hydrogen (secondary N) is 1. The molecule has 104 valence electrons. The summed E-state index contributed by atoms with van der Waals surface area (Å²) >= 11 is 3.22. The fourth-order valence-corrected chi connectivity index (χ4v) is 2.06. The first-order valence-electron chi connectivity index (χ1n) is 5.91. The molecule has 1 N–H and O–H groups in total. The van der Waals surface area contributed by atoms with Crippen LogP contribution in [0.4, 0.5) is 11.5 Å². The first kappa shape index (κ1) is 14.3. The summed E-state index contributed by atoms with van der Waals surface area (Å²) in [5, 5.41) is 13.9. The maximum Gasteiger partial charge on any atom is 0.274 e. The minimum Gasteiger partial charge on any atom is -0.457 e. The van der Waals surface area contributed by atoms with Gasteiger partial charge in [0.1, 0.15) is 17.3 Å². The Morgan fingerprint density at radius 2 is 2.15 bits per heavy atom. The number of nitro groups is 1. The molecule has 0 aliphatic heterocycles. The number of nitro benzene ring substituents is 1. The fraction of sp³-hybridized carbons (Fsp3) is 0.154. The number of hydrogen-bond acceptors (Lipinski definition) is 5. The summed E-state index contributed by atoms with van der Waals surface area (Å²) < 4.78 is 6.21. The van der Waals surface area contributed by atoms with Crippen molar-refractivity contribution in [2.24, 2.45) is 0 Å². The predicted octanol–water partition coefficient (Wildman–Crippen LogP) is 3.98.